The van der Waals surface area contributed by atoms with Crippen LogP contribution in [0.5, 0.6) is 0 Å². The van der Waals surface area contributed by atoms with Crippen LogP contribution in [0.4, 0.5) is 0 Å². The summed E-state index contributed by atoms with van der Waals surface area (Å²) in [6.07, 6.45) is 2.35. The summed E-state index contributed by atoms with van der Waals surface area (Å²) in [5, 5.41) is 0. The van der Waals surface area contributed by atoms with E-state index in [2.05, 4.69) is 43.3 Å². The largest absolute Gasteiger partial charge is 0.466 e. The monoisotopic (exact) mass is 280 g/mol. The second kappa shape index (κ2) is 6.89. The highest BCUT2D eigenvalue weighted by atomic mass is 16.5. The van der Waals surface area contributed by atoms with Crippen LogP contribution < -0.4 is 0 Å². The molecule has 0 aliphatic rings. The summed E-state index contributed by atoms with van der Waals surface area (Å²) >= 11 is 0. The second-order valence-corrected chi connectivity index (χ2v) is 4.99. The summed E-state index contributed by atoms with van der Waals surface area (Å²) in [6, 6.07) is 16.7. The molecule has 2 rings (SSSR count). The van der Waals surface area contributed by atoms with Gasteiger partial charge in [-0.05, 0) is 35.6 Å². The van der Waals surface area contributed by atoms with Gasteiger partial charge in [-0.3, -0.25) is 0 Å². The minimum atomic E-state index is -0.311. The van der Waals surface area contributed by atoms with Gasteiger partial charge in [0.15, 0.2) is 0 Å². The van der Waals surface area contributed by atoms with Crippen molar-refractivity contribution in [2.45, 2.75) is 20.3 Å². The maximum atomic E-state index is 11.4. The molecule has 2 heteroatoms. The number of carbonyl (C=O) groups excluding carboxylic acids is 1. The van der Waals surface area contributed by atoms with Gasteiger partial charge in [-0.1, -0.05) is 61.0 Å². The van der Waals surface area contributed by atoms with Gasteiger partial charge in [0.2, 0.25) is 0 Å². The maximum Gasteiger partial charge on any atom is 0.330 e. The molecule has 0 bridgehead atoms. The first-order chi connectivity index (χ1) is 10.1. The Bertz CT molecular complexity index is 634. The van der Waals surface area contributed by atoms with Gasteiger partial charge < -0.3 is 4.74 Å². The molecule has 0 spiro atoms. The van der Waals surface area contributed by atoms with Gasteiger partial charge in [-0.25, -0.2) is 4.79 Å². The zero-order valence-electron chi connectivity index (χ0n) is 12.7. The number of rotatable bonds is 4. The van der Waals surface area contributed by atoms with E-state index in [1.54, 1.807) is 6.08 Å². The topological polar surface area (TPSA) is 26.3 Å². The van der Waals surface area contributed by atoms with Crippen LogP contribution in [0.3, 0.4) is 0 Å². The number of esters is 1. The SMILES string of the molecule is CC/C(=C\C(=O)OC)c1ccc(-c2ccc(C)cc2)cc1. The number of hydrogen-bond acceptors (Lipinski definition) is 2. The first-order valence-corrected chi connectivity index (χ1v) is 7.10. The molecule has 2 nitrogen and oxygen atoms in total. The lowest BCUT2D eigenvalue weighted by molar-refractivity contribution is -0.134. The number of methoxy groups -OCH3 is 1. The predicted octanol–water partition coefficient (Wildman–Crippen LogP) is 4.63. The molecule has 2 aromatic rings. The van der Waals surface area contributed by atoms with Crippen molar-refractivity contribution in [3.8, 4) is 11.1 Å². The summed E-state index contributed by atoms with van der Waals surface area (Å²) in [6.45, 7) is 4.11. The van der Waals surface area contributed by atoms with Crippen molar-refractivity contribution in [3.63, 3.8) is 0 Å². The molecule has 2 aromatic carbocycles. The van der Waals surface area contributed by atoms with Crippen molar-refractivity contribution >= 4 is 11.5 Å². The van der Waals surface area contributed by atoms with Gasteiger partial charge in [-0.2, -0.15) is 0 Å². The van der Waals surface area contributed by atoms with Gasteiger partial charge in [0.1, 0.15) is 0 Å². The van der Waals surface area contributed by atoms with Crippen LogP contribution in [0.1, 0.15) is 24.5 Å². The van der Waals surface area contributed by atoms with Crippen LogP contribution in [-0.2, 0) is 9.53 Å². The highest BCUT2D eigenvalue weighted by Crippen LogP contribution is 2.24. The van der Waals surface area contributed by atoms with E-state index in [9.17, 15) is 4.79 Å². The third-order valence-electron chi connectivity index (χ3n) is 3.51. The number of aryl methyl sites for hydroxylation is 1. The smallest absolute Gasteiger partial charge is 0.330 e. The number of carbonyl (C=O) groups is 1. The minimum absolute atomic E-state index is 0.311. The van der Waals surface area contributed by atoms with Crippen LogP contribution in [0.15, 0.2) is 54.6 Å². The fraction of sp³-hybridized carbons (Fsp3) is 0.211. The third-order valence-corrected chi connectivity index (χ3v) is 3.51. The Balaban J connectivity index is 2.27. The summed E-state index contributed by atoms with van der Waals surface area (Å²) in [5.74, 6) is -0.311. The molecule has 0 aliphatic carbocycles. The molecule has 0 unspecified atom stereocenters. The van der Waals surface area contributed by atoms with Crippen LogP contribution in [0, 0.1) is 6.92 Å². The Kier molecular flexibility index (Phi) is 4.94. The van der Waals surface area contributed by atoms with E-state index in [0.29, 0.717) is 0 Å². The first-order valence-electron chi connectivity index (χ1n) is 7.10. The van der Waals surface area contributed by atoms with Crippen molar-refractivity contribution in [2.75, 3.05) is 7.11 Å². The van der Waals surface area contributed by atoms with Crippen LogP contribution in [0.25, 0.3) is 16.7 Å². The van der Waals surface area contributed by atoms with Crippen molar-refractivity contribution in [1.82, 2.24) is 0 Å². The molecule has 21 heavy (non-hydrogen) atoms. The van der Waals surface area contributed by atoms with E-state index < -0.39 is 0 Å². The van der Waals surface area contributed by atoms with Gasteiger partial charge in [0, 0.05) is 6.08 Å². The Labute approximate surface area is 126 Å². The molecule has 108 valence electrons. The minimum Gasteiger partial charge on any atom is -0.466 e. The molecular formula is C19H20O2. The lowest BCUT2D eigenvalue weighted by Gasteiger charge is -2.07. The number of benzene rings is 2. The van der Waals surface area contributed by atoms with Crippen molar-refractivity contribution in [1.29, 1.82) is 0 Å². The molecule has 0 radical (unpaired) electrons. The molecule has 0 aliphatic heterocycles. The van der Waals surface area contributed by atoms with Gasteiger partial charge in [-0.15, -0.1) is 0 Å². The zero-order chi connectivity index (χ0) is 15.2. The second-order valence-electron chi connectivity index (χ2n) is 4.99. The fourth-order valence-electron chi connectivity index (χ4n) is 2.21. The van der Waals surface area contributed by atoms with Crippen molar-refractivity contribution in [2.24, 2.45) is 0 Å². The van der Waals surface area contributed by atoms with Crippen LogP contribution >= 0.6 is 0 Å². The summed E-state index contributed by atoms with van der Waals surface area (Å²) in [7, 11) is 1.40. The molecule has 0 saturated carbocycles. The van der Waals surface area contributed by atoms with E-state index >= 15 is 0 Å². The first kappa shape index (κ1) is 15.0. The quantitative estimate of drug-likeness (QED) is 0.603. The molecule has 0 atom stereocenters. The molecule has 0 fully saturated rings. The summed E-state index contributed by atoms with van der Waals surface area (Å²) in [5.41, 5.74) is 5.66. The Morgan fingerprint density at radius 2 is 1.52 bits per heavy atom. The lowest BCUT2D eigenvalue weighted by Crippen LogP contribution is -1.96. The van der Waals surface area contributed by atoms with E-state index in [1.165, 1.54) is 23.8 Å². The van der Waals surface area contributed by atoms with E-state index in [4.69, 9.17) is 4.74 Å². The van der Waals surface area contributed by atoms with E-state index in [0.717, 1.165) is 17.6 Å². The molecule has 0 saturated heterocycles. The van der Waals surface area contributed by atoms with Crippen molar-refractivity contribution in [3.05, 3.63) is 65.7 Å². The third kappa shape index (κ3) is 3.82. The van der Waals surface area contributed by atoms with E-state index in [1.807, 2.05) is 19.1 Å². The molecule has 0 heterocycles. The average molecular weight is 280 g/mol. The highest BCUT2D eigenvalue weighted by molar-refractivity contribution is 5.91. The highest BCUT2D eigenvalue weighted by Gasteiger charge is 2.04. The van der Waals surface area contributed by atoms with E-state index in [-0.39, 0.29) is 5.97 Å². The number of allylic oxidation sites excluding steroid dienone is 1. The Morgan fingerprint density at radius 3 is 2.00 bits per heavy atom. The molecule has 0 N–H and O–H groups in total. The Hall–Kier alpha value is -2.35. The lowest BCUT2D eigenvalue weighted by atomic mass is 9.98. The normalized spacial score (nSPS) is 11.3. The standard InChI is InChI=1S/C19H20O2/c1-4-15(13-19(20)21-3)16-9-11-18(12-10-16)17-7-5-14(2)6-8-17/h5-13H,4H2,1-3H3/b15-13+. The Morgan fingerprint density at radius 1 is 1.00 bits per heavy atom. The predicted molar refractivity (Wildman–Crippen MR) is 86.9 cm³/mol. The maximum absolute atomic E-state index is 11.4. The average Bonchev–Trinajstić information content (AvgIpc) is 2.53. The molecule has 0 amide bonds. The van der Waals surface area contributed by atoms with Gasteiger partial charge in [0.05, 0.1) is 7.11 Å². The summed E-state index contributed by atoms with van der Waals surface area (Å²) < 4.78 is 4.69. The van der Waals surface area contributed by atoms with Crippen LogP contribution in [0.2, 0.25) is 0 Å². The van der Waals surface area contributed by atoms with Gasteiger partial charge in [0.25, 0.3) is 0 Å². The zero-order valence-corrected chi connectivity index (χ0v) is 12.7. The summed E-state index contributed by atoms with van der Waals surface area (Å²) in [4.78, 5) is 11.4. The van der Waals surface area contributed by atoms with Crippen LogP contribution in [-0.4, -0.2) is 13.1 Å². The fourth-order valence-corrected chi connectivity index (χ4v) is 2.21. The number of ether oxygens (including phenoxy) is 1. The van der Waals surface area contributed by atoms with Gasteiger partial charge >= 0.3 is 5.97 Å². The van der Waals surface area contributed by atoms with Crippen molar-refractivity contribution < 1.29 is 9.53 Å². The number of hydrogen-bond donors (Lipinski definition) is 0. The molecular weight excluding hydrogens is 260 g/mol. The molecule has 0 aromatic heterocycles.